The highest BCUT2D eigenvalue weighted by Gasteiger charge is 2.18. The number of carbonyl (C=O) groups is 2. The molecule has 1 rings (SSSR count). The molecule has 1 amide bonds. The molecule has 19 heavy (non-hydrogen) atoms. The van der Waals surface area contributed by atoms with Gasteiger partial charge in [-0.05, 0) is 31.2 Å². The van der Waals surface area contributed by atoms with Crippen molar-refractivity contribution in [2.45, 2.75) is 6.92 Å². The number of carbonyl (C=O) groups excluding carboxylic acids is 2. The molecule has 0 saturated heterocycles. The number of amides is 1. The van der Waals surface area contributed by atoms with Crippen molar-refractivity contribution in [1.29, 1.82) is 0 Å². The highest BCUT2D eigenvalue weighted by Crippen LogP contribution is 2.11. The number of rotatable bonds is 6. The van der Waals surface area contributed by atoms with E-state index in [1.807, 2.05) is 0 Å². The van der Waals surface area contributed by atoms with Crippen molar-refractivity contribution in [1.82, 2.24) is 4.90 Å². The Bertz CT molecular complexity index is 456. The van der Waals surface area contributed by atoms with E-state index >= 15 is 0 Å². The maximum Gasteiger partial charge on any atom is 0.325 e. The fourth-order valence-electron chi connectivity index (χ4n) is 1.51. The van der Waals surface area contributed by atoms with Crippen molar-refractivity contribution in [3.8, 4) is 0 Å². The molecule has 0 bridgehead atoms. The van der Waals surface area contributed by atoms with Crippen LogP contribution in [0.4, 0.5) is 0 Å². The maximum absolute atomic E-state index is 12.2. The summed E-state index contributed by atoms with van der Waals surface area (Å²) in [6.07, 6.45) is 1.56. The number of ether oxygens (including phenoxy) is 1. The molecule has 1 aromatic carbocycles. The number of hydrogen-bond donors (Lipinski definition) is 0. The van der Waals surface area contributed by atoms with E-state index in [9.17, 15) is 9.59 Å². The summed E-state index contributed by atoms with van der Waals surface area (Å²) >= 11 is 5.77. The Hall–Kier alpha value is -1.81. The predicted octanol–water partition coefficient (Wildman–Crippen LogP) is 2.53. The quantitative estimate of drug-likeness (QED) is 0.595. The van der Waals surface area contributed by atoms with Crippen molar-refractivity contribution < 1.29 is 14.3 Å². The lowest BCUT2D eigenvalue weighted by molar-refractivity contribution is -0.143. The molecule has 0 heterocycles. The van der Waals surface area contributed by atoms with Crippen LogP contribution in [0.5, 0.6) is 0 Å². The summed E-state index contributed by atoms with van der Waals surface area (Å²) in [4.78, 5) is 25.0. The van der Waals surface area contributed by atoms with E-state index in [1.54, 1.807) is 37.3 Å². The van der Waals surface area contributed by atoms with Crippen molar-refractivity contribution in [2.75, 3.05) is 19.7 Å². The van der Waals surface area contributed by atoms with Crippen LogP contribution in [-0.2, 0) is 9.53 Å². The lowest BCUT2D eigenvalue weighted by Gasteiger charge is -2.20. The monoisotopic (exact) mass is 281 g/mol. The zero-order valence-corrected chi connectivity index (χ0v) is 11.5. The molecule has 0 unspecified atom stereocenters. The van der Waals surface area contributed by atoms with E-state index in [0.717, 1.165) is 0 Å². The van der Waals surface area contributed by atoms with E-state index in [0.29, 0.717) is 10.6 Å². The van der Waals surface area contributed by atoms with Crippen LogP contribution >= 0.6 is 11.6 Å². The summed E-state index contributed by atoms with van der Waals surface area (Å²) in [7, 11) is 0. The van der Waals surface area contributed by atoms with Gasteiger partial charge in [0.1, 0.15) is 6.54 Å². The second-order valence-electron chi connectivity index (χ2n) is 3.79. The fourth-order valence-corrected chi connectivity index (χ4v) is 1.64. The van der Waals surface area contributed by atoms with Crippen molar-refractivity contribution >= 4 is 23.5 Å². The van der Waals surface area contributed by atoms with E-state index < -0.39 is 5.97 Å². The molecule has 0 spiro atoms. The maximum atomic E-state index is 12.2. The number of nitrogens with zero attached hydrogens (tertiary/aromatic N) is 1. The van der Waals surface area contributed by atoms with Crippen LogP contribution in [0.2, 0.25) is 5.02 Å². The minimum Gasteiger partial charge on any atom is -0.465 e. The summed E-state index contributed by atoms with van der Waals surface area (Å²) in [5.74, 6) is -0.698. The Balaban J connectivity index is 2.80. The van der Waals surface area contributed by atoms with Gasteiger partial charge in [0.25, 0.3) is 5.91 Å². The minimum absolute atomic E-state index is 0.0959. The molecule has 0 aliphatic heterocycles. The molecule has 0 N–H and O–H groups in total. The lowest BCUT2D eigenvalue weighted by atomic mass is 10.2. The van der Waals surface area contributed by atoms with Gasteiger partial charge < -0.3 is 9.64 Å². The molecule has 102 valence electrons. The third-order valence-electron chi connectivity index (χ3n) is 2.35. The van der Waals surface area contributed by atoms with Crippen LogP contribution in [0, 0.1) is 0 Å². The lowest BCUT2D eigenvalue weighted by Crippen LogP contribution is -2.36. The average molecular weight is 282 g/mol. The van der Waals surface area contributed by atoms with E-state index in [1.165, 1.54) is 4.90 Å². The summed E-state index contributed by atoms with van der Waals surface area (Å²) in [5.41, 5.74) is 0.468. The topological polar surface area (TPSA) is 46.6 Å². The van der Waals surface area contributed by atoms with Crippen LogP contribution in [0.3, 0.4) is 0 Å². The van der Waals surface area contributed by atoms with Gasteiger partial charge in [0, 0.05) is 17.1 Å². The molecule has 0 saturated carbocycles. The molecule has 0 atom stereocenters. The standard InChI is InChI=1S/C14H16ClNO3/c1-3-9-16(10-13(17)19-4-2)14(18)11-5-7-12(15)8-6-11/h3,5-8H,1,4,9-10H2,2H3. The zero-order chi connectivity index (χ0) is 14.3. The number of benzene rings is 1. The molecule has 1 aromatic rings. The largest absolute Gasteiger partial charge is 0.465 e. The van der Waals surface area contributed by atoms with Gasteiger partial charge in [0.15, 0.2) is 0 Å². The molecule has 0 aromatic heterocycles. The summed E-state index contributed by atoms with van der Waals surface area (Å²) in [6, 6.07) is 6.49. The predicted molar refractivity (Wildman–Crippen MR) is 74.2 cm³/mol. The van der Waals surface area contributed by atoms with Gasteiger partial charge in [0.2, 0.25) is 0 Å². The second kappa shape index (κ2) is 7.59. The fraction of sp³-hybridized carbons (Fsp3) is 0.286. The van der Waals surface area contributed by atoms with Gasteiger partial charge in [-0.15, -0.1) is 6.58 Å². The summed E-state index contributed by atoms with van der Waals surface area (Å²) in [5, 5.41) is 0.553. The highest BCUT2D eigenvalue weighted by molar-refractivity contribution is 6.30. The van der Waals surface area contributed by atoms with Gasteiger partial charge >= 0.3 is 5.97 Å². The van der Waals surface area contributed by atoms with Crippen molar-refractivity contribution in [2.24, 2.45) is 0 Å². The Morgan fingerprint density at radius 3 is 2.53 bits per heavy atom. The normalized spacial score (nSPS) is 9.79. The first-order valence-electron chi connectivity index (χ1n) is 5.89. The third kappa shape index (κ3) is 4.75. The Kier molecular flexibility index (Phi) is 6.09. The molecule has 0 aliphatic carbocycles. The smallest absolute Gasteiger partial charge is 0.325 e. The summed E-state index contributed by atoms with van der Waals surface area (Å²) < 4.78 is 4.84. The molecule has 0 radical (unpaired) electrons. The van der Waals surface area contributed by atoms with Crippen LogP contribution < -0.4 is 0 Å². The first-order valence-corrected chi connectivity index (χ1v) is 6.27. The van der Waals surface area contributed by atoms with Gasteiger partial charge in [-0.1, -0.05) is 17.7 Å². The van der Waals surface area contributed by atoms with E-state index in [4.69, 9.17) is 16.3 Å². The SMILES string of the molecule is C=CCN(CC(=O)OCC)C(=O)c1ccc(Cl)cc1. The first-order chi connectivity index (χ1) is 9.08. The number of hydrogen-bond acceptors (Lipinski definition) is 3. The van der Waals surface area contributed by atoms with Crippen molar-refractivity contribution in [3.63, 3.8) is 0 Å². The zero-order valence-electron chi connectivity index (χ0n) is 10.8. The Morgan fingerprint density at radius 1 is 1.37 bits per heavy atom. The molecule has 0 aliphatic rings. The molecular formula is C14H16ClNO3. The van der Waals surface area contributed by atoms with Crippen LogP contribution in [0.15, 0.2) is 36.9 Å². The van der Waals surface area contributed by atoms with Crippen LogP contribution in [0.1, 0.15) is 17.3 Å². The molecular weight excluding hydrogens is 266 g/mol. The number of esters is 1. The molecule has 5 heteroatoms. The van der Waals surface area contributed by atoms with Crippen molar-refractivity contribution in [3.05, 3.63) is 47.5 Å². The van der Waals surface area contributed by atoms with Gasteiger partial charge in [-0.3, -0.25) is 9.59 Å². The molecule has 4 nitrogen and oxygen atoms in total. The second-order valence-corrected chi connectivity index (χ2v) is 4.22. The highest BCUT2D eigenvalue weighted by atomic mass is 35.5. The minimum atomic E-state index is -0.438. The van der Waals surface area contributed by atoms with Crippen LogP contribution in [0.25, 0.3) is 0 Å². The van der Waals surface area contributed by atoms with Gasteiger partial charge in [0.05, 0.1) is 6.61 Å². The van der Waals surface area contributed by atoms with Gasteiger partial charge in [-0.25, -0.2) is 0 Å². The first kappa shape index (κ1) is 15.2. The van der Waals surface area contributed by atoms with Gasteiger partial charge in [-0.2, -0.15) is 0 Å². The third-order valence-corrected chi connectivity index (χ3v) is 2.61. The molecule has 0 fully saturated rings. The Labute approximate surface area is 117 Å². The van der Waals surface area contributed by atoms with E-state index in [-0.39, 0.29) is 25.6 Å². The van der Waals surface area contributed by atoms with Crippen LogP contribution in [-0.4, -0.2) is 36.5 Å². The Morgan fingerprint density at radius 2 is 2.00 bits per heavy atom. The van der Waals surface area contributed by atoms with E-state index in [2.05, 4.69) is 6.58 Å². The average Bonchev–Trinajstić information content (AvgIpc) is 2.38. The number of halogens is 1. The summed E-state index contributed by atoms with van der Waals surface area (Å²) in [6.45, 7) is 5.77.